The molecule has 166 valence electrons. The van der Waals surface area contributed by atoms with Crippen molar-refractivity contribution >= 4 is 0 Å². The molecular weight excluding hydrogens is 424 g/mol. The van der Waals surface area contributed by atoms with Gasteiger partial charge in [-0.2, -0.15) is 0 Å². The summed E-state index contributed by atoms with van der Waals surface area (Å²) in [5, 5.41) is 0. The van der Waals surface area contributed by atoms with Crippen molar-refractivity contribution in [2.45, 2.75) is 19.8 Å². The third-order valence-electron chi connectivity index (χ3n) is 5.60. The first-order chi connectivity index (χ1) is 16.0. The van der Waals surface area contributed by atoms with Crippen LogP contribution in [0.5, 0.6) is 0 Å². The molecule has 0 unspecified atom stereocenters. The van der Waals surface area contributed by atoms with Gasteiger partial charge in [-0.15, -0.1) is 0 Å². The molecule has 0 N–H and O–H groups in total. The summed E-state index contributed by atoms with van der Waals surface area (Å²) in [7, 11) is 0. The van der Waals surface area contributed by atoms with Crippen molar-refractivity contribution in [2.24, 2.45) is 0 Å². The van der Waals surface area contributed by atoms with Crippen LogP contribution in [0.25, 0.3) is 33.4 Å². The van der Waals surface area contributed by atoms with E-state index in [-0.39, 0.29) is 11.1 Å². The lowest BCUT2D eigenvalue weighted by atomic mass is 9.97. The normalized spacial score (nSPS) is 11.3. The van der Waals surface area contributed by atoms with E-state index in [0.29, 0.717) is 5.56 Å². The third-order valence-corrected chi connectivity index (χ3v) is 5.60. The van der Waals surface area contributed by atoms with E-state index in [2.05, 4.69) is 36.4 Å². The Balaban J connectivity index is 1.54. The molecule has 4 aromatic rings. The fourth-order valence-electron chi connectivity index (χ4n) is 3.78. The molecule has 0 aromatic heterocycles. The third kappa shape index (κ3) is 5.06. The number of aryl methyl sites for hydroxylation is 1. The van der Waals surface area contributed by atoms with Gasteiger partial charge < -0.3 is 0 Å². The van der Waals surface area contributed by atoms with E-state index in [0.717, 1.165) is 41.7 Å². The van der Waals surface area contributed by atoms with Gasteiger partial charge in [-0.25, -0.2) is 17.6 Å². The number of rotatable bonds is 6. The molecule has 0 aliphatic rings. The highest BCUT2D eigenvalue weighted by Crippen LogP contribution is 2.31. The van der Waals surface area contributed by atoms with E-state index in [1.54, 1.807) is 6.07 Å². The van der Waals surface area contributed by atoms with Crippen molar-refractivity contribution in [3.05, 3.63) is 120 Å². The Morgan fingerprint density at radius 2 is 1.06 bits per heavy atom. The van der Waals surface area contributed by atoms with Crippen LogP contribution in [0, 0.1) is 23.3 Å². The largest absolute Gasteiger partial charge is 0.206 e. The van der Waals surface area contributed by atoms with E-state index >= 15 is 0 Å². The molecule has 4 aromatic carbocycles. The lowest BCUT2D eigenvalue weighted by Gasteiger charge is -2.09. The van der Waals surface area contributed by atoms with Crippen LogP contribution in [-0.4, -0.2) is 0 Å². The van der Waals surface area contributed by atoms with Gasteiger partial charge >= 0.3 is 0 Å². The van der Waals surface area contributed by atoms with Crippen LogP contribution in [0.3, 0.4) is 0 Å². The Labute approximate surface area is 190 Å². The maximum Gasteiger partial charge on any atom is 0.194 e. The molecule has 0 heterocycles. The summed E-state index contributed by atoms with van der Waals surface area (Å²) in [6.07, 6.45) is 6.23. The Kier molecular flexibility index (Phi) is 6.74. The molecule has 4 heteroatoms. The maximum atomic E-state index is 14.7. The lowest BCUT2D eigenvalue weighted by molar-refractivity contribution is 0.447. The molecule has 4 rings (SSSR count). The second kappa shape index (κ2) is 9.86. The number of allylic oxidation sites excluding steroid dienone is 2. The fourth-order valence-corrected chi connectivity index (χ4v) is 3.78. The predicted octanol–water partition coefficient (Wildman–Crippen LogP) is 8.75. The SMILES string of the molecule is C/C=C/CCc1ccc(-c2ccc(-c3ccc(-c4cc(F)c(F)c(F)c4)c(F)c3)cc2)cc1. The lowest BCUT2D eigenvalue weighted by Crippen LogP contribution is -1.94. The summed E-state index contributed by atoms with van der Waals surface area (Å²) in [4.78, 5) is 0. The zero-order valence-electron chi connectivity index (χ0n) is 18.1. The van der Waals surface area contributed by atoms with Gasteiger partial charge in [0.25, 0.3) is 0 Å². The Morgan fingerprint density at radius 1 is 0.576 bits per heavy atom. The van der Waals surface area contributed by atoms with Gasteiger partial charge in [0.05, 0.1) is 0 Å². The van der Waals surface area contributed by atoms with E-state index in [1.807, 2.05) is 31.2 Å². The monoisotopic (exact) mass is 446 g/mol. The summed E-state index contributed by atoms with van der Waals surface area (Å²) in [6.45, 7) is 2.02. The van der Waals surface area contributed by atoms with Crippen LogP contribution in [0.2, 0.25) is 0 Å². The van der Waals surface area contributed by atoms with Crippen molar-refractivity contribution in [1.82, 2.24) is 0 Å². The van der Waals surface area contributed by atoms with Crippen molar-refractivity contribution in [3.63, 3.8) is 0 Å². The standard InChI is InChI=1S/C29H22F4/c1-2-3-4-5-19-6-8-20(9-7-19)21-10-12-22(13-11-21)23-14-15-25(26(30)16-23)24-17-27(31)29(33)28(32)18-24/h2-3,6-18H,4-5H2,1H3/b3-2+. The molecule has 0 saturated carbocycles. The molecule has 0 aliphatic carbocycles. The van der Waals surface area contributed by atoms with E-state index in [1.165, 1.54) is 17.7 Å². The van der Waals surface area contributed by atoms with Gasteiger partial charge in [-0.1, -0.05) is 72.8 Å². The second-order valence-corrected chi connectivity index (χ2v) is 7.83. The van der Waals surface area contributed by atoms with Crippen LogP contribution in [0.1, 0.15) is 18.9 Å². The Morgan fingerprint density at radius 3 is 1.61 bits per heavy atom. The topological polar surface area (TPSA) is 0 Å². The van der Waals surface area contributed by atoms with Crippen molar-refractivity contribution in [2.75, 3.05) is 0 Å². The molecular formula is C29H22F4. The smallest absolute Gasteiger partial charge is 0.194 e. The number of hydrogen-bond donors (Lipinski definition) is 0. The van der Waals surface area contributed by atoms with Gasteiger partial charge in [0.15, 0.2) is 17.5 Å². The zero-order valence-corrected chi connectivity index (χ0v) is 18.1. The van der Waals surface area contributed by atoms with Crippen molar-refractivity contribution in [1.29, 1.82) is 0 Å². The van der Waals surface area contributed by atoms with Crippen molar-refractivity contribution in [3.8, 4) is 33.4 Å². The first-order valence-corrected chi connectivity index (χ1v) is 10.7. The first kappa shape index (κ1) is 22.5. The summed E-state index contributed by atoms with van der Waals surface area (Å²) in [5.41, 5.74) is 4.81. The molecule has 0 nitrogen and oxygen atoms in total. The molecule has 0 amide bonds. The molecule has 0 aliphatic heterocycles. The minimum absolute atomic E-state index is 0.00249. The molecule has 0 fully saturated rings. The average Bonchev–Trinajstić information content (AvgIpc) is 2.83. The molecule has 0 spiro atoms. The minimum Gasteiger partial charge on any atom is -0.206 e. The molecule has 0 radical (unpaired) electrons. The van der Waals surface area contributed by atoms with Crippen LogP contribution in [-0.2, 0) is 6.42 Å². The molecule has 33 heavy (non-hydrogen) atoms. The average molecular weight is 446 g/mol. The Hall–Kier alpha value is -3.66. The molecule has 0 saturated heterocycles. The predicted molar refractivity (Wildman–Crippen MR) is 126 cm³/mol. The van der Waals surface area contributed by atoms with E-state index < -0.39 is 23.3 Å². The summed E-state index contributed by atoms with van der Waals surface area (Å²) in [6, 6.07) is 22.2. The molecule has 0 atom stereocenters. The number of hydrogen-bond acceptors (Lipinski definition) is 0. The maximum absolute atomic E-state index is 14.7. The summed E-state index contributed by atoms with van der Waals surface area (Å²) in [5.74, 6) is -4.92. The van der Waals surface area contributed by atoms with E-state index in [9.17, 15) is 17.6 Å². The zero-order chi connectivity index (χ0) is 23.4. The molecule has 0 bridgehead atoms. The van der Waals surface area contributed by atoms with Crippen LogP contribution in [0.15, 0.2) is 91.0 Å². The highest BCUT2D eigenvalue weighted by molar-refractivity contribution is 5.73. The van der Waals surface area contributed by atoms with Crippen LogP contribution >= 0.6 is 0 Å². The van der Waals surface area contributed by atoms with Gasteiger partial charge in [0.2, 0.25) is 0 Å². The first-order valence-electron chi connectivity index (χ1n) is 10.7. The van der Waals surface area contributed by atoms with Crippen LogP contribution in [0.4, 0.5) is 17.6 Å². The highest BCUT2D eigenvalue weighted by atomic mass is 19.2. The van der Waals surface area contributed by atoms with Gasteiger partial charge in [-0.3, -0.25) is 0 Å². The van der Waals surface area contributed by atoms with Gasteiger partial charge in [0.1, 0.15) is 5.82 Å². The summed E-state index contributed by atoms with van der Waals surface area (Å²) >= 11 is 0. The minimum atomic E-state index is -1.57. The van der Waals surface area contributed by atoms with Gasteiger partial charge in [-0.05, 0) is 71.3 Å². The number of halogens is 4. The second-order valence-electron chi connectivity index (χ2n) is 7.83. The van der Waals surface area contributed by atoms with Crippen molar-refractivity contribution < 1.29 is 17.6 Å². The number of benzene rings is 4. The van der Waals surface area contributed by atoms with Gasteiger partial charge in [0, 0.05) is 5.56 Å². The van der Waals surface area contributed by atoms with Crippen LogP contribution < -0.4 is 0 Å². The quantitative estimate of drug-likeness (QED) is 0.158. The highest BCUT2D eigenvalue weighted by Gasteiger charge is 2.14. The fraction of sp³-hybridized carbons (Fsp3) is 0.103. The Bertz CT molecular complexity index is 1260. The summed E-state index contributed by atoms with van der Waals surface area (Å²) < 4.78 is 55.0. The van der Waals surface area contributed by atoms with E-state index in [4.69, 9.17) is 0 Å².